The number of alkyl halides is 3. The molecule has 0 radical (unpaired) electrons. The molecule has 3 N–H and O–H groups in total. The number of rotatable bonds is 6. The number of halogens is 3. The molecule has 12 heteroatoms. The average molecular weight is 557 g/mol. The van der Waals surface area contributed by atoms with Crippen LogP contribution in [0.4, 0.5) is 24.8 Å². The van der Waals surface area contributed by atoms with Crippen molar-refractivity contribution in [1.82, 2.24) is 14.9 Å². The zero-order valence-corrected chi connectivity index (χ0v) is 22.2. The maximum absolute atomic E-state index is 12.4. The topological polar surface area (TPSA) is 114 Å². The van der Waals surface area contributed by atoms with Gasteiger partial charge in [0.2, 0.25) is 17.8 Å². The Hall–Kier alpha value is -4.45. The van der Waals surface area contributed by atoms with Gasteiger partial charge in [0.05, 0.1) is 11.2 Å². The molecular weight excluding hydrogens is 525 g/mol. The van der Waals surface area contributed by atoms with Crippen LogP contribution in [0.1, 0.15) is 17.7 Å². The summed E-state index contributed by atoms with van der Waals surface area (Å²) in [5.41, 5.74) is 7.32. The van der Waals surface area contributed by atoms with Gasteiger partial charge in [-0.25, -0.2) is 9.97 Å². The molecular formula is C28H31F3N6O3. The van der Waals surface area contributed by atoms with E-state index in [-0.39, 0.29) is 11.7 Å². The number of benzene rings is 2. The van der Waals surface area contributed by atoms with E-state index in [9.17, 15) is 22.8 Å². The monoisotopic (exact) mass is 556 g/mol. The third-order valence-electron chi connectivity index (χ3n) is 5.89. The Kier molecular flexibility index (Phi) is 10.2. The van der Waals surface area contributed by atoms with Crippen molar-refractivity contribution in [2.75, 3.05) is 43.4 Å². The van der Waals surface area contributed by atoms with Crippen LogP contribution < -0.4 is 20.7 Å². The summed E-state index contributed by atoms with van der Waals surface area (Å²) >= 11 is 0. The van der Waals surface area contributed by atoms with E-state index < -0.39 is 12.3 Å². The lowest BCUT2D eigenvalue weighted by atomic mass is 10.1. The molecule has 0 atom stereocenters. The number of aryl methyl sites for hydroxylation is 1. The summed E-state index contributed by atoms with van der Waals surface area (Å²) in [6, 6.07) is 10.7. The molecule has 3 aromatic rings. The van der Waals surface area contributed by atoms with Crippen molar-refractivity contribution in [3.63, 3.8) is 0 Å². The summed E-state index contributed by atoms with van der Waals surface area (Å²) in [5, 5.41) is 3.64. The maximum Gasteiger partial charge on any atom is 0.573 e. The van der Waals surface area contributed by atoms with Gasteiger partial charge in [-0.2, -0.15) is 0 Å². The smallest absolute Gasteiger partial charge is 0.406 e. The second-order valence-corrected chi connectivity index (χ2v) is 9.03. The quantitative estimate of drug-likeness (QED) is 0.436. The number of aromatic nitrogens is 2. The van der Waals surface area contributed by atoms with Crippen molar-refractivity contribution >= 4 is 40.4 Å². The van der Waals surface area contributed by atoms with Gasteiger partial charge in [0.25, 0.3) is 0 Å². The Morgan fingerprint density at radius 2 is 1.77 bits per heavy atom. The van der Waals surface area contributed by atoms with Crippen molar-refractivity contribution in [3.05, 3.63) is 72.5 Å². The molecule has 1 saturated heterocycles. The third kappa shape index (κ3) is 9.38. The van der Waals surface area contributed by atoms with Gasteiger partial charge in [0.1, 0.15) is 5.75 Å². The average Bonchev–Trinajstić information content (AvgIpc) is 3.12. The molecule has 40 heavy (non-hydrogen) atoms. The zero-order valence-electron chi connectivity index (χ0n) is 22.2. The van der Waals surface area contributed by atoms with Crippen molar-refractivity contribution in [3.8, 4) is 5.75 Å². The summed E-state index contributed by atoms with van der Waals surface area (Å²) in [7, 11) is 2.12. The van der Waals surface area contributed by atoms with Crippen LogP contribution in [0.3, 0.4) is 0 Å². The SMILES string of the molecule is C=CC(N)=O.Cc1nc(N2CCCN(C)CC2)nc2ccc(NC(=O)C=Cc3ccc(OC(F)(F)F)cc3)cc12. The minimum atomic E-state index is -4.74. The summed E-state index contributed by atoms with van der Waals surface area (Å²) in [4.78, 5) is 35.8. The number of ether oxygens (including phenoxy) is 1. The highest BCUT2D eigenvalue weighted by molar-refractivity contribution is 6.03. The third-order valence-corrected chi connectivity index (χ3v) is 5.89. The fourth-order valence-electron chi connectivity index (χ4n) is 3.87. The van der Waals surface area contributed by atoms with E-state index in [2.05, 4.69) is 39.2 Å². The fourth-order valence-corrected chi connectivity index (χ4v) is 3.87. The van der Waals surface area contributed by atoms with E-state index >= 15 is 0 Å². The number of hydrogen-bond donors (Lipinski definition) is 2. The molecule has 1 aliphatic heterocycles. The molecule has 4 rings (SSSR count). The summed E-state index contributed by atoms with van der Waals surface area (Å²) in [5.74, 6) is -0.454. The predicted octanol–water partition coefficient (Wildman–Crippen LogP) is 4.29. The molecule has 0 unspecified atom stereocenters. The van der Waals surface area contributed by atoms with Gasteiger partial charge in [0, 0.05) is 36.8 Å². The Bertz CT molecular complexity index is 1380. The number of nitrogens with one attached hydrogen (secondary N) is 1. The largest absolute Gasteiger partial charge is 0.573 e. The van der Waals surface area contributed by atoms with Crippen LogP contribution in [-0.4, -0.2) is 66.3 Å². The first kappa shape index (κ1) is 30.1. The lowest BCUT2D eigenvalue weighted by Gasteiger charge is -2.21. The highest BCUT2D eigenvalue weighted by atomic mass is 19.4. The molecule has 1 aliphatic rings. The number of hydrogen-bond acceptors (Lipinski definition) is 7. The second kappa shape index (κ2) is 13.6. The number of primary amides is 1. The zero-order chi connectivity index (χ0) is 29.3. The molecule has 2 heterocycles. The van der Waals surface area contributed by atoms with E-state index in [0.29, 0.717) is 11.3 Å². The predicted molar refractivity (Wildman–Crippen MR) is 149 cm³/mol. The molecule has 0 aliphatic carbocycles. The highest BCUT2D eigenvalue weighted by Crippen LogP contribution is 2.25. The Labute approximate surface area is 230 Å². The molecule has 2 aromatic carbocycles. The molecule has 1 aromatic heterocycles. The molecule has 1 fully saturated rings. The Balaban J connectivity index is 0.000000810. The Morgan fingerprint density at radius 1 is 1.07 bits per heavy atom. The van der Waals surface area contributed by atoms with Gasteiger partial charge in [-0.3, -0.25) is 9.59 Å². The van der Waals surface area contributed by atoms with Crippen LogP contribution in [0.2, 0.25) is 0 Å². The van der Waals surface area contributed by atoms with Gasteiger partial charge < -0.3 is 25.6 Å². The number of carbonyl (C=O) groups excluding carboxylic acids is 2. The van der Waals surface area contributed by atoms with Gasteiger partial charge in [-0.15, -0.1) is 13.2 Å². The number of fused-ring (bicyclic) bond motifs is 1. The normalized spacial score (nSPS) is 14.3. The van der Waals surface area contributed by atoms with Crippen molar-refractivity contribution in [2.45, 2.75) is 19.7 Å². The summed E-state index contributed by atoms with van der Waals surface area (Å²) < 4.78 is 40.6. The number of likely N-dealkylation sites (N-methyl/N-ethyl adjacent to an activating group) is 1. The highest BCUT2D eigenvalue weighted by Gasteiger charge is 2.30. The molecule has 0 spiro atoms. The molecule has 0 saturated carbocycles. The molecule has 2 amide bonds. The number of carbonyl (C=O) groups is 2. The second-order valence-electron chi connectivity index (χ2n) is 9.03. The van der Waals surface area contributed by atoms with E-state index in [1.54, 1.807) is 6.07 Å². The lowest BCUT2D eigenvalue weighted by molar-refractivity contribution is -0.274. The standard InChI is InChI=1S/C25H26F3N5O2.C3H5NO/c1-17-21-16-19(7-10-22(21)31-24(29-17)33-13-3-12-32(2)14-15-33)30-23(34)11-6-18-4-8-20(9-5-18)35-25(26,27)28;1-2-3(4)5/h4-11,16H,3,12-15H2,1-2H3,(H,30,34);2H,1H2,(H2,4,5). The fraction of sp³-hybridized carbons (Fsp3) is 0.286. The first-order chi connectivity index (χ1) is 18.9. The van der Waals surface area contributed by atoms with E-state index in [1.807, 2.05) is 19.1 Å². The first-order valence-electron chi connectivity index (χ1n) is 12.4. The maximum atomic E-state index is 12.4. The van der Waals surface area contributed by atoms with Crippen molar-refractivity contribution < 1.29 is 27.5 Å². The molecule has 212 valence electrons. The molecule has 0 bridgehead atoms. The van der Waals surface area contributed by atoms with E-state index in [0.717, 1.165) is 61.2 Å². The van der Waals surface area contributed by atoms with Crippen LogP contribution in [0.15, 0.2) is 61.2 Å². The number of anilines is 2. The lowest BCUT2D eigenvalue weighted by Crippen LogP contribution is -2.30. The van der Waals surface area contributed by atoms with Crippen LogP contribution in [-0.2, 0) is 9.59 Å². The van der Waals surface area contributed by atoms with E-state index in [4.69, 9.17) is 9.97 Å². The van der Waals surface area contributed by atoms with E-state index in [1.165, 1.54) is 36.4 Å². The summed E-state index contributed by atoms with van der Waals surface area (Å²) in [6.45, 7) is 8.81. The van der Waals surface area contributed by atoms with Crippen molar-refractivity contribution in [1.29, 1.82) is 0 Å². The number of nitrogens with two attached hydrogens (primary N) is 1. The number of nitrogens with zero attached hydrogens (tertiary/aromatic N) is 4. The van der Waals surface area contributed by atoms with Gasteiger partial charge in [-0.1, -0.05) is 18.7 Å². The minimum Gasteiger partial charge on any atom is -0.406 e. The van der Waals surface area contributed by atoms with Crippen LogP contribution in [0.25, 0.3) is 17.0 Å². The van der Waals surface area contributed by atoms with Crippen LogP contribution >= 0.6 is 0 Å². The van der Waals surface area contributed by atoms with Gasteiger partial charge in [-0.05, 0) is 75.0 Å². The van der Waals surface area contributed by atoms with Gasteiger partial charge >= 0.3 is 6.36 Å². The number of amides is 2. The Morgan fingerprint density at radius 3 is 2.42 bits per heavy atom. The van der Waals surface area contributed by atoms with Crippen LogP contribution in [0, 0.1) is 6.92 Å². The van der Waals surface area contributed by atoms with Gasteiger partial charge in [0.15, 0.2) is 0 Å². The summed E-state index contributed by atoms with van der Waals surface area (Å²) in [6.07, 6.45) is 0.187. The van der Waals surface area contributed by atoms with Crippen molar-refractivity contribution in [2.24, 2.45) is 5.73 Å². The molecule has 9 nitrogen and oxygen atoms in total. The van der Waals surface area contributed by atoms with Crippen LogP contribution in [0.5, 0.6) is 5.75 Å². The first-order valence-corrected chi connectivity index (χ1v) is 12.4. The minimum absolute atomic E-state index is 0.320.